The second kappa shape index (κ2) is 8.38. The summed E-state index contributed by atoms with van der Waals surface area (Å²) in [5, 5.41) is 3.76. The van der Waals surface area contributed by atoms with E-state index < -0.39 is 0 Å². The number of carbonyl (C=O) groups is 1. The number of nitrogens with one attached hydrogen (secondary N) is 1. The Morgan fingerprint density at radius 3 is 2.50 bits per heavy atom. The van der Waals surface area contributed by atoms with Gasteiger partial charge in [-0.3, -0.25) is 4.79 Å². The maximum atomic E-state index is 12.4. The molecule has 1 N–H and O–H groups in total. The molecule has 24 heavy (non-hydrogen) atoms. The molecule has 0 radical (unpaired) electrons. The molecule has 0 aliphatic heterocycles. The molecule has 0 aliphatic carbocycles. The van der Waals surface area contributed by atoms with Gasteiger partial charge < -0.3 is 9.88 Å². The molecule has 1 aromatic carbocycles. The van der Waals surface area contributed by atoms with Gasteiger partial charge in [-0.25, -0.2) is 4.98 Å². The third-order valence-corrected chi connectivity index (χ3v) is 5.02. The minimum atomic E-state index is -0.180. The first-order chi connectivity index (χ1) is 11.4. The van der Waals surface area contributed by atoms with Crippen LogP contribution in [0.1, 0.15) is 37.7 Å². The van der Waals surface area contributed by atoms with Crippen molar-refractivity contribution in [3.05, 3.63) is 47.3 Å². The van der Waals surface area contributed by atoms with Crippen LogP contribution >= 0.6 is 11.8 Å². The van der Waals surface area contributed by atoms with Gasteiger partial charge in [0.1, 0.15) is 0 Å². The summed E-state index contributed by atoms with van der Waals surface area (Å²) in [6, 6.07) is 9.96. The Hall–Kier alpha value is -1.75. The third kappa shape index (κ3) is 4.87. The number of hydrogen-bond donors (Lipinski definition) is 1. The summed E-state index contributed by atoms with van der Waals surface area (Å²) in [6.07, 6.45) is 0. The van der Waals surface area contributed by atoms with E-state index in [1.54, 1.807) is 0 Å². The lowest BCUT2D eigenvalue weighted by atomic mass is 10.2. The summed E-state index contributed by atoms with van der Waals surface area (Å²) in [5.74, 6) is 0.581. The molecule has 1 atom stereocenters. The van der Waals surface area contributed by atoms with Crippen LogP contribution in [0, 0.1) is 19.8 Å². The molecular formula is C19H27N3OS. The minimum Gasteiger partial charge on any atom is -0.351 e. The van der Waals surface area contributed by atoms with Crippen LogP contribution in [-0.4, -0.2) is 20.7 Å². The zero-order valence-corrected chi connectivity index (χ0v) is 16.0. The van der Waals surface area contributed by atoms with E-state index in [9.17, 15) is 4.79 Å². The maximum Gasteiger partial charge on any atom is 0.233 e. The number of rotatable bonds is 7. The van der Waals surface area contributed by atoms with Gasteiger partial charge >= 0.3 is 0 Å². The highest BCUT2D eigenvalue weighted by Crippen LogP contribution is 2.26. The number of aromatic nitrogens is 2. The normalized spacial score (nSPS) is 12.4. The molecule has 0 spiro atoms. The van der Waals surface area contributed by atoms with Gasteiger partial charge in [-0.15, -0.1) is 0 Å². The van der Waals surface area contributed by atoms with E-state index in [-0.39, 0.29) is 11.2 Å². The Balaban J connectivity index is 1.99. The Morgan fingerprint density at radius 2 is 1.88 bits per heavy atom. The van der Waals surface area contributed by atoms with Crippen molar-refractivity contribution in [3.63, 3.8) is 0 Å². The Bertz CT molecular complexity index is 679. The van der Waals surface area contributed by atoms with Crippen molar-refractivity contribution >= 4 is 17.7 Å². The lowest BCUT2D eigenvalue weighted by molar-refractivity contribution is -0.120. The molecule has 130 valence electrons. The number of thioether (sulfide) groups is 1. The van der Waals surface area contributed by atoms with Crippen LogP contribution in [0.5, 0.6) is 0 Å². The fraction of sp³-hybridized carbons (Fsp3) is 0.474. The second-order valence-electron chi connectivity index (χ2n) is 6.53. The van der Waals surface area contributed by atoms with E-state index >= 15 is 0 Å². The van der Waals surface area contributed by atoms with E-state index in [0.717, 1.165) is 23.0 Å². The minimum absolute atomic E-state index is 0.0401. The van der Waals surface area contributed by atoms with Gasteiger partial charge in [0, 0.05) is 18.8 Å². The zero-order valence-electron chi connectivity index (χ0n) is 15.2. The van der Waals surface area contributed by atoms with Crippen LogP contribution in [0.2, 0.25) is 0 Å². The van der Waals surface area contributed by atoms with Crippen molar-refractivity contribution < 1.29 is 4.79 Å². The van der Waals surface area contributed by atoms with Crippen LogP contribution in [0.15, 0.2) is 35.5 Å². The molecule has 0 fully saturated rings. The summed E-state index contributed by atoms with van der Waals surface area (Å²) in [6.45, 7) is 11.9. The highest BCUT2D eigenvalue weighted by molar-refractivity contribution is 8.00. The molecule has 2 rings (SSSR count). The number of hydrogen-bond acceptors (Lipinski definition) is 3. The average molecular weight is 346 g/mol. The predicted molar refractivity (Wildman–Crippen MR) is 100 cm³/mol. The van der Waals surface area contributed by atoms with Crippen LogP contribution in [0.4, 0.5) is 0 Å². The van der Waals surface area contributed by atoms with Crippen LogP contribution in [-0.2, 0) is 17.9 Å². The molecule has 0 bridgehead atoms. The molecule has 0 aliphatic rings. The maximum absolute atomic E-state index is 12.4. The van der Waals surface area contributed by atoms with Gasteiger partial charge in [0.25, 0.3) is 0 Å². The molecule has 0 saturated heterocycles. The lowest BCUT2D eigenvalue weighted by Gasteiger charge is -2.15. The van der Waals surface area contributed by atoms with Crippen molar-refractivity contribution in [2.75, 3.05) is 0 Å². The predicted octanol–water partition coefficient (Wildman–Crippen LogP) is 3.95. The van der Waals surface area contributed by atoms with Crippen molar-refractivity contribution in [2.24, 2.45) is 5.92 Å². The molecule has 2 aromatic rings. The van der Waals surface area contributed by atoms with E-state index in [1.807, 2.05) is 44.2 Å². The summed E-state index contributed by atoms with van der Waals surface area (Å²) in [7, 11) is 0. The number of benzene rings is 1. The fourth-order valence-electron chi connectivity index (χ4n) is 2.43. The summed E-state index contributed by atoms with van der Waals surface area (Å²) < 4.78 is 2.23. The first kappa shape index (κ1) is 18.6. The number of amides is 1. The number of nitrogens with zero attached hydrogens (tertiary/aromatic N) is 2. The zero-order chi connectivity index (χ0) is 17.7. The summed E-state index contributed by atoms with van der Waals surface area (Å²) >= 11 is 1.53. The number of carbonyl (C=O) groups excluding carboxylic acids is 1. The Morgan fingerprint density at radius 1 is 1.21 bits per heavy atom. The Labute approximate surface area is 149 Å². The van der Waals surface area contributed by atoms with Gasteiger partial charge in [-0.2, -0.15) is 0 Å². The standard InChI is InChI=1S/C19H27N3OS/c1-13(2)12-22-15(4)14(3)21-19(22)24-16(5)18(23)20-11-17-9-7-6-8-10-17/h6-10,13,16H,11-12H2,1-5H3,(H,20,23). The molecule has 1 heterocycles. The molecule has 0 saturated carbocycles. The Kier molecular flexibility index (Phi) is 6.49. The van der Waals surface area contributed by atoms with Gasteiger partial charge in [0.2, 0.25) is 5.91 Å². The van der Waals surface area contributed by atoms with Gasteiger partial charge in [-0.05, 0) is 32.3 Å². The smallest absolute Gasteiger partial charge is 0.233 e. The fourth-order valence-corrected chi connectivity index (χ4v) is 3.47. The number of imidazole rings is 1. The summed E-state index contributed by atoms with van der Waals surface area (Å²) in [5.41, 5.74) is 3.33. The first-order valence-electron chi connectivity index (χ1n) is 8.40. The first-order valence-corrected chi connectivity index (χ1v) is 9.28. The van der Waals surface area contributed by atoms with Crippen LogP contribution in [0.3, 0.4) is 0 Å². The van der Waals surface area contributed by atoms with Crippen LogP contribution in [0.25, 0.3) is 0 Å². The van der Waals surface area contributed by atoms with Crippen molar-refractivity contribution in [3.8, 4) is 0 Å². The van der Waals surface area contributed by atoms with Crippen molar-refractivity contribution in [1.82, 2.24) is 14.9 Å². The molecule has 1 aromatic heterocycles. The second-order valence-corrected chi connectivity index (χ2v) is 7.84. The number of aryl methyl sites for hydroxylation is 1. The summed E-state index contributed by atoms with van der Waals surface area (Å²) in [4.78, 5) is 17.0. The van der Waals surface area contributed by atoms with E-state index in [1.165, 1.54) is 17.5 Å². The van der Waals surface area contributed by atoms with Crippen LogP contribution < -0.4 is 5.32 Å². The van der Waals surface area contributed by atoms with Gasteiger partial charge in [0.05, 0.1) is 10.9 Å². The molecule has 4 nitrogen and oxygen atoms in total. The third-order valence-electron chi connectivity index (χ3n) is 3.93. The van der Waals surface area contributed by atoms with Gasteiger partial charge in [-0.1, -0.05) is 55.9 Å². The highest BCUT2D eigenvalue weighted by atomic mass is 32.2. The topological polar surface area (TPSA) is 46.9 Å². The van der Waals surface area contributed by atoms with Crippen molar-refractivity contribution in [1.29, 1.82) is 0 Å². The molecule has 1 unspecified atom stereocenters. The lowest BCUT2D eigenvalue weighted by Crippen LogP contribution is -2.30. The quantitative estimate of drug-likeness (QED) is 0.773. The van der Waals surface area contributed by atoms with Gasteiger partial charge in [0.15, 0.2) is 5.16 Å². The molecule has 1 amide bonds. The monoisotopic (exact) mass is 345 g/mol. The SMILES string of the molecule is Cc1nc(SC(C)C(=O)NCc2ccccc2)n(CC(C)C)c1C. The average Bonchev–Trinajstić information content (AvgIpc) is 2.80. The molecular weight excluding hydrogens is 318 g/mol. The highest BCUT2D eigenvalue weighted by Gasteiger charge is 2.20. The van der Waals surface area contributed by atoms with Crippen molar-refractivity contribution in [2.45, 2.75) is 58.1 Å². The molecule has 5 heteroatoms. The van der Waals surface area contributed by atoms with E-state index in [0.29, 0.717) is 12.5 Å². The van der Waals surface area contributed by atoms with E-state index in [4.69, 9.17) is 0 Å². The largest absolute Gasteiger partial charge is 0.351 e. The van der Waals surface area contributed by atoms with E-state index in [2.05, 4.69) is 35.6 Å².